The summed E-state index contributed by atoms with van der Waals surface area (Å²) < 4.78 is 22.8. The van der Waals surface area contributed by atoms with E-state index in [9.17, 15) is 19.3 Å². The summed E-state index contributed by atoms with van der Waals surface area (Å²) >= 11 is 0. The molecule has 1 unspecified atom stereocenters. The first kappa shape index (κ1) is 25.1. The van der Waals surface area contributed by atoms with E-state index >= 15 is 0 Å². The van der Waals surface area contributed by atoms with Crippen molar-refractivity contribution >= 4 is 19.4 Å². The number of nitrogens with one attached hydrogen (secondary N) is 2. The second-order valence-electron chi connectivity index (χ2n) is 6.65. The van der Waals surface area contributed by atoms with Crippen molar-refractivity contribution in [2.45, 2.75) is 84.9 Å². The third-order valence-corrected chi connectivity index (χ3v) is 5.56. The van der Waals surface area contributed by atoms with Gasteiger partial charge in [-0.05, 0) is 34.1 Å². The van der Waals surface area contributed by atoms with E-state index in [1.54, 1.807) is 13.8 Å². The van der Waals surface area contributed by atoms with Gasteiger partial charge in [-0.3, -0.25) is 14.2 Å². The molecule has 0 radical (unpaired) electrons. The maximum absolute atomic E-state index is 12.7. The predicted molar refractivity (Wildman–Crippen MR) is 101 cm³/mol. The maximum Gasteiger partial charge on any atom is 0.323 e. The molecule has 0 aliphatic heterocycles. The fraction of sp³-hybridized carbons (Fsp3) is 0.882. The lowest BCUT2D eigenvalue weighted by molar-refractivity contribution is -0.149. The monoisotopic (exact) mass is 394 g/mol. The molecular formula is C17H35N2O6P. The highest BCUT2D eigenvalue weighted by atomic mass is 31.2. The Bertz CT molecular complexity index is 472. The fourth-order valence-corrected chi connectivity index (χ4v) is 3.89. The number of rotatable bonds is 14. The number of hydrogen-bond donors (Lipinski definition) is 3. The molecule has 0 aromatic carbocycles. The van der Waals surface area contributed by atoms with Crippen LogP contribution in [-0.4, -0.2) is 48.2 Å². The van der Waals surface area contributed by atoms with Crippen molar-refractivity contribution in [1.82, 2.24) is 10.2 Å². The molecule has 0 aliphatic rings. The lowest BCUT2D eigenvalue weighted by Crippen LogP contribution is -2.43. The summed E-state index contributed by atoms with van der Waals surface area (Å²) in [5.74, 6) is -1.13. The Morgan fingerprint density at radius 1 is 0.962 bits per heavy atom. The van der Waals surface area contributed by atoms with Crippen LogP contribution < -0.4 is 10.2 Å². The molecule has 0 saturated carbocycles. The number of hydrogen-bond acceptors (Lipinski definition) is 6. The Morgan fingerprint density at radius 2 is 1.50 bits per heavy atom. The molecule has 154 valence electrons. The molecule has 9 heteroatoms. The smallest absolute Gasteiger partial charge is 0.323 e. The van der Waals surface area contributed by atoms with Gasteiger partial charge in [0.15, 0.2) is 0 Å². The number of aliphatic hydroxyl groups excluding tert-OH is 1. The Hall–Kier alpha value is -0.950. The van der Waals surface area contributed by atoms with E-state index in [2.05, 4.69) is 17.1 Å². The van der Waals surface area contributed by atoms with Crippen LogP contribution in [-0.2, 0) is 23.6 Å². The molecule has 0 rings (SSSR count). The van der Waals surface area contributed by atoms with Gasteiger partial charge in [0.05, 0.1) is 12.7 Å². The van der Waals surface area contributed by atoms with Gasteiger partial charge in [-0.2, -0.15) is 0 Å². The molecule has 0 amide bonds. The fourth-order valence-electron chi connectivity index (χ4n) is 2.19. The van der Waals surface area contributed by atoms with Crippen LogP contribution in [0, 0.1) is 0 Å². The van der Waals surface area contributed by atoms with E-state index in [4.69, 9.17) is 9.47 Å². The molecule has 0 spiro atoms. The van der Waals surface area contributed by atoms with Gasteiger partial charge in [0.2, 0.25) is 7.44 Å². The highest BCUT2D eigenvalue weighted by molar-refractivity contribution is 7.59. The van der Waals surface area contributed by atoms with Crippen molar-refractivity contribution in [1.29, 1.82) is 0 Å². The number of ether oxygens (including phenoxy) is 2. The summed E-state index contributed by atoms with van der Waals surface area (Å²) in [5, 5.41) is 14.5. The normalized spacial score (nSPS) is 16.0. The van der Waals surface area contributed by atoms with Gasteiger partial charge in [-0.25, -0.2) is 10.2 Å². The Balaban J connectivity index is 4.42. The van der Waals surface area contributed by atoms with E-state index in [1.165, 1.54) is 13.8 Å². The first-order chi connectivity index (χ1) is 12.1. The van der Waals surface area contributed by atoms with Crippen molar-refractivity contribution in [3.63, 3.8) is 0 Å². The van der Waals surface area contributed by atoms with Crippen molar-refractivity contribution in [3.05, 3.63) is 0 Å². The van der Waals surface area contributed by atoms with Gasteiger partial charge < -0.3 is 14.6 Å². The van der Waals surface area contributed by atoms with Gasteiger partial charge in [0.25, 0.3) is 0 Å². The minimum atomic E-state index is -3.56. The van der Waals surface area contributed by atoms with Crippen molar-refractivity contribution < 1.29 is 28.7 Å². The van der Waals surface area contributed by atoms with E-state index in [0.717, 1.165) is 32.1 Å². The lowest BCUT2D eigenvalue weighted by Gasteiger charge is -2.25. The Morgan fingerprint density at radius 3 is 2.00 bits per heavy atom. The minimum Gasteiger partial charge on any atom is -0.465 e. The van der Waals surface area contributed by atoms with Gasteiger partial charge in [-0.15, -0.1) is 0 Å². The lowest BCUT2D eigenvalue weighted by atomic mass is 10.2. The van der Waals surface area contributed by atoms with Crippen LogP contribution in [0.5, 0.6) is 0 Å². The summed E-state index contributed by atoms with van der Waals surface area (Å²) in [5.41, 5.74) is 0. The molecule has 26 heavy (non-hydrogen) atoms. The largest absolute Gasteiger partial charge is 0.465 e. The second-order valence-corrected chi connectivity index (χ2v) is 8.93. The molecule has 0 aromatic heterocycles. The van der Waals surface area contributed by atoms with Gasteiger partial charge in [0, 0.05) is 0 Å². The van der Waals surface area contributed by atoms with E-state index in [0.29, 0.717) is 6.61 Å². The summed E-state index contributed by atoms with van der Waals surface area (Å²) in [6.45, 7) is 8.82. The van der Waals surface area contributed by atoms with Crippen LogP contribution in [0.1, 0.15) is 66.7 Å². The quantitative estimate of drug-likeness (QED) is 0.234. The molecule has 0 aliphatic carbocycles. The zero-order valence-corrected chi connectivity index (χ0v) is 17.5. The first-order valence-corrected chi connectivity index (χ1v) is 11.2. The average molecular weight is 394 g/mol. The highest BCUT2D eigenvalue weighted by Gasteiger charge is 2.31. The molecule has 3 N–H and O–H groups in total. The predicted octanol–water partition coefficient (Wildman–Crippen LogP) is 2.55. The molecule has 8 nitrogen and oxygen atoms in total. The number of carbonyl (C=O) groups excluding carboxylic acids is 2. The van der Waals surface area contributed by atoms with Gasteiger partial charge in [-0.1, -0.05) is 32.6 Å². The highest BCUT2D eigenvalue weighted by Crippen LogP contribution is 2.36. The van der Waals surface area contributed by atoms with Crippen LogP contribution in [0.4, 0.5) is 0 Å². The van der Waals surface area contributed by atoms with Crippen molar-refractivity contribution in [3.8, 4) is 0 Å². The van der Waals surface area contributed by atoms with E-state index in [1.807, 2.05) is 0 Å². The van der Waals surface area contributed by atoms with E-state index in [-0.39, 0.29) is 6.10 Å². The van der Waals surface area contributed by atoms with Gasteiger partial charge in [0.1, 0.15) is 18.4 Å². The summed E-state index contributed by atoms with van der Waals surface area (Å²) in [6, 6.07) is -1.78. The van der Waals surface area contributed by atoms with Crippen LogP contribution in [0.3, 0.4) is 0 Å². The first-order valence-electron chi connectivity index (χ1n) is 9.27. The van der Waals surface area contributed by atoms with Crippen LogP contribution in [0.2, 0.25) is 0 Å². The number of esters is 2. The standard InChI is InChI=1S/C17H35N2O6P/c1-6-7-8-9-10-11-24-16(21)14(4)18-26(23,12-20)19-15(5)17(22)25-13(2)3/h13-15,20H,6-12H2,1-5H3,(H2,18,19,23)/t14-,15+,26?/m1/s1. The zero-order valence-electron chi connectivity index (χ0n) is 16.6. The second kappa shape index (κ2) is 13.3. The van der Waals surface area contributed by atoms with Crippen LogP contribution in [0.15, 0.2) is 0 Å². The molecular weight excluding hydrogens is 359 g/mol. The molecule has 3 atom stereocenters. The van der Waals surface area contributed by atoms with Crippen LogP contribution >= 0.6 is 7.44 Å². The van der Waals surface area contributed by atoms with Crippen LogP contribution in [0.25, 0.3) is 0 Å². The number of unbranched alkanes of at least 4 members (excludes halogenated alkanes) is 4. The molecule has 0 bridgehead atoms. The summed E-state index contributed by atoms with van der Waals surface area (Å²) in [6.07, 6.45) is 4.14. The maximum atomic E-state index is 12.7. The molecule has 0 fully saturated rings. The Labute approximate surface area is 156 Å². The molecule has 0 saturated heterocycles. The van der Waals surface area contributed by atoms with Gasteiger partial charge >= 0.3 is 11.9 Å². The van der Waals surface area contributed by atoms with Crippen molar-refractivity contribution in [2.75, 3.05) is 13.0 Å². The number of carbonyl (C=O) groups is 2. The molecule has 0 aromatic rings. The van der Waals surface area contributed by atoms with E-state index < -0.39 is 37.8 Å². The minimum absolute atomic E-state index is 0.306. The average Bonchev–Trinajstić information content (AvgIpc) is 2.56. The molecule has 0 heterocycles. The summed E-state index contributed by atoms with van der Waals surface area (Å²) in [7, 11) is -3.56. The Kier molecular flexibility index (Phi) is 12.8. The SMILES string of the molecule is CCCCCCCOC(=O)[C@@H](C)NP(=O)(CO)N[C@@H](C)C(=O)OC(C)C. The third-order valence-electron chi connectivity index (χ3n) is 3.55. The third kappa shape index (κ3) is 10.9. The zero-order chi connectivity index (χ0) is 20.2. The number of aliphatic hydroxyl groups is 1. The summed E-state index contributed by atoms with van der Waals surface area (Å²) in [4.78, 5) is 23.8. The van der Waals surface area contributed by atoms with Crippen molar-refractivity contribution in [2.24, 2.45) is 0 Å². The topological polar surface area (TPSA) is 114 Å².